The van der Waals surface area contributed by atoms with Crippen LogP contribution >= 0.6 is 11.3 Å². The summed E-state index contributed by atoms with van der Waals surface area (Å²) in [4.78, 5) is 5.38. The molecule has 0 radical (unpaired) electrons. The maximum atomic E-state index is 5.97. The number of rotatable bonds is 1. The van der Waals surface area contributed by atoms with Crippen LogP contribution in [0.2, 0.25) is 0 Å². The first-order valence-electron chi connectivity index (χ1n) is 4.57. The second-order valence-corrected chi connectivity index (χ2v) is 4.65. The van der Waals surface area contributed by atoms with Gasteiger partial charge in [-0.15, -0.1) is 11.3 Å². The fourth-order valence-electron chi connectivity index (χ4n) is 1.61. The summed E-state index contributed by atoms with van der Waals surface area (Å²) in [5.74, 6) is 0. The van der Waals surface area contributed by atoms with Crippen molar-refractivity contribution in [1.82, 2.24) is 4.98 Å². The lowest BCUT2D eigenvalue weighted by molar-refractivity contribution is 0.00223. The first kappa shape index (κ1) is 9.12. The fraction of sp³-hybridized carbons (Fsp3) is 0.667. The van der Waals surface area contributed by atoms with E-state index in [1.165, 1.54) is 4.88 Å². The molecule has 2 N–H and O–H groups in total. The van der Waals surface area contributed by atoms with Gasteiger partial charge in [0.05, 0.1) is 9.88 Å². The summed E-state index contributed by atoms with van der Waals surface area (Å²) in [6.45, 7) is 2.83. The minimum absolute atomic E-state index is 0.0833. The third-order valence-corrected chi connectivity index (χ3v) is 3.26. The second-order valence-electron chi connectivity index (χ2n) is 3.38. The molecule has 0 spiro atoms. The molecule has 1 aliphatic rings. The Balaban J connectivity index is 2.14. The highest BCUT2D eigenvalue weighted by Crippen LogP contribution is 2.30. The van der Waals surface area contributed by atoms with E-state index in [1.807, 2.05) is 13.1 Å². The van der Waals surface area contributed by atoms with Gasteiger partial charge < -0.3 is 10.5 Å². The molecule has 0 bridgehead atoms. The summed E-state index contributed by atoms with van der Waals surface area (Å²) < 4.78 is 5.64. The van der Waals surface area contributed by atoms with Crippen molar-refractivity contribution in [2.24, 2.45) is 5.73 Å². The molecule has 72 valence electrons. The molecule has 13 heavy (non-hydrogen) atoms. The van der Waals surface area contributed by atoms with Gasteiger partial charge in [0.25, 0.3) is 0 Å². The molecular formula is C9H14N2OS. The van der Waals surface area contributed by atoms with Crippen LogP contribution < -0.4 is 5.73 Å². The Bertz CT molecular complexity index is 287. The van der Waals surface area contributed by atoms with Gasteiger partial charge >= 0.3 is 0 Å². The van der Waals surface area contributed by atoms with Crippen LogP contribution in [-0.4, -0.2) is 17.6 Å². The van der Waals surface area contributed by atoms with Gasteiger partial charge in [0, 0.05) is 18.8 Å². The van der Waals surface area contributed by atoms with Crippen molar-refractivity contribution in [1.29, 1.82) is 0 Å². The molecular weight excluding hydrogens is 184 g/mol. The molecule has 2 unspecified atom stereocenters. The largest absolute Gasteiger partial charge is 0.371 e. The fourth-order valence-corrected chi connectivity index (χ4v) is 2.52. The monoisotopic (exact) mass is 198 g/mol. The van der Waals surface area contributed by atoms with Crippen LogP contribution in [0.5, 0.6) is 0 Å². The predicted molar refractivity (Wildman–Crippen MR) is 52.8 cm³/mol. The van der Waals surface area contributed by atoms with Crippen LogP contribution in [0.3, 0.4) is 0 Å². The van der Waals surface area contributed by atoms with Crippen molar-refractivity contribution in [3.8, 4) is 0 Å². The maximum absolute atomic E-state index is 5.97. The van der Waals surface area contributed by atoms with E-state index in [1.54, 1.807) is 11.3 Å². The molecule has 2 atom stereocenters. The number of aromatic nitrogens is 1. The molecule has 3 nitrogen and oxygen atoms in total. The van der Waals surface area contributed by atoms with E-state index in [0.717, 1.165) is 24.5 Å². The Morgan fingerprint density at radius 1 is 1.69 bits per heavy atom. The zero-order valence-electron chi connectivity index (χ0n) is 7.69. The minimum Gasteiger partial charge on any atom is -0.371 e. The van der Waals surface area contributed by atoms with Crippen molar-refractivity contribution in [3.05, 3.63) is 16.1 Å². The van der Waals surface area contributed by atoms with Crippen LogP contribution in [0.15, 0.2) is 6.20 Å². The molecule has 0 aliphatic carbocycles. The van der Waals surface area contributed by atoms with Crippen molar-refractivity contribution >= 4 is 11.3 Å². The topological polar surface area (TPSA) is 48.1 Å². The molecule has 0 aromatic carbocycles. The lowest BCUT2D eigenvalue weighted by atomic mass is 10.0. The van der Waals surface area contributed by atoms with E-state index in [0.29, 0.717) is 0 Å². The Morgan fingerprint density at radius 3 is 3.15 bits per heavy atom. The number of nitrogens with zero attached hydrogens (tertiary/aromatic N) is 1. The quantitative estimate of drug-likeness (QED) is 0.746. The van der Waals surface area contributed by atoms with Gasteiger partial charge in [-0.25, -0.2) is 4.98 Å². The zero-order valence-corrected chi connectivity index (χ0v) is 8.51. The van der Waals surface area contributed by atoms with E-state index in [9.17, 15) is 0 Å². The van der Waals surface area contributed by atoms with E-state index in [2.05, 4.69) is 4.98 Å². The van der Waals surface area contributed by atoms with Gasteiger partial charge in [-0.3, -0.25) is 0 Å². The molecule has 1 aliphatic heterocycles. The molecule has 1 saturated heterocycles. The van der Waals surface area contributed by atoms with Gasteiger partial charge in [-0.2, -0.15) is 0 Å². The Morgan fingerprint density at radius 2 is 2.54 bits per heavy atom. The average molecular weight is 198 g/mol. The van der Waals surface area contributed by atoms with Gasteiger partial charge in [0.2, 0.25) is 0 Å². The van der Waals surface area contributed by atoms with E-state index in [-0.39, 0.29) is 12.1 Å². The van der Waals surface area contributed by atoms with Crippen molar-refractivity contribution in [3.63, 3.8) is 0 Å². The normalized spacial score (nSPS) is 29.1. The third-order valence-electron chi connectivity index (χ3n) is 2.29. The lowest BCUT2D eigenvalue weighted by Gasteiger charge is -2.27. The first-order valence-corrected chi connectivity index (χ1v) is 5.38. The Hall–Kier alpha value is -0.450. The summed E-state index contributed by atoms with van der Waals surface area (Å²) in [6.07, 6.45) is 4.10. The molecule has 0 saturated carbocycles. The van der Waals surface area contributed by atoms with Gasteiger partial charge in [0.1, 0.15) is 6.10 Å². The third kappa shape index (κ3) is 1.90. The van der Waals surface area contributed by atoms with Gasteiger partial charge in [-0.1, -0.05) is 0 Å². The average Bonchev–Trinajstić information content (AvgIpc) is 2.53. The second kappa shape index (κ2) is 3.74. The predicted octanol–water partition coefficient (Wildman–Crippen LogP) is 1.63. The number of nitrogens with two attached hydrogens (primary N) is 1. The Labute approximate surface area is 81.9 Å². The zero-order chi connectivity index (χ0) is 9.26. The van der Waals surface area contributed by atoms with E-state index >= 15 is 0 Å². The Kier molecular flexibility index (Phi) is 2.62. The molecule has 1 fully saturated rings. The SMILES string of the molecule is Cc1ncc(C2OCCCC2N)s1. The van der Waals surface area contributed by atoms with Crippen molar-refractivity contribution < 1.29 is 4.74 Å². The first-order chi connectivity index (χ1) is 6.27. The summed E-state index contributed by atoms with van der Waals surface area (Å²) in [7, 11) is 0. The summed E-state index contributed by atoms with van der Waals surface area (Å²) in [6, 6.07) is 0.147. The highest BCUT2D eigenvalue weighted by molar-refractivity contribution is 7.11. The molecule has 1 aromatic heterocycles. The van der Waals surface area contributed by atoms with E-state index in [4.69, 9.17) is 10.5 Å². The van der Waals surface area contributed by atoms with Gasteiger partial charge in [0.15, 0.2) is 0 Å². The number of hydrogen-bond donors (Lipinski definition) is 1. The van der Waals surface area contributed by atoms with Crippen LogP contribution in [0.4, 0.5) is 0 Å². The van der Waals surface area contributed by atoms with Crippen LogP contribution in [0, 0.1) is 6.92 Å². The summed E-state index contributed by atoms with van der Waals surface area (Å²) >= 11 is 1.68. The molecule has 2 rings (SSSR count). The highest BCUT2D eigenvalue weighted by Gasteiger charge is 2.25. The lowest BCUT2D eigenvalue weighted by Crippen LogP contribution is -2.33. The minimum atomic E-state index is 0.0833. The van der Waals surface area contributed by atoms with Gasteiger partial charge in [-0.05, 0) is 19.8 Å². The van der Waals surface area contributed by atoms with E-state index < -0.39 is 0 Å². The highest BCUT2D eigenvalue weighted by atomic mass is 32.1. The van der Waals surface area contributed by atoms with Crippen molar-refractivity contribution in [2.45, 2.75) is 31.9 Å². The van der Waals surface area contributed by atoms with Crippen LogP contribution in [0.1, 0.15) is 28.8 Å². The maximum Gasteiger partial charge on any atom is 0.108 e. The molecule has 0 amide bonds. The van der Waals surface area contributed by atoms with Crippen LogP contribution in [-0.2, 0) is 4.74 Å². The smallest absolute Gasteiger partial charge is 0.108 e. The number of ether oxygens (including phenoxy) is 1. The number of thiazole rings is 1. The van der Waals surface area contributed by atoms with Crippen LogP contribution in [0.25, 0.3) is 0 Å². The summed E-state index contributed by atoms with van der Waals surface area (Å²) in [5.41, 5.74) is 5.97. The standard InChI is InChI=1S/C9H14N2OS/c1-6-11-5-8(13-6)9-7(10)3-2-4-12-9/h5,7,9H,2-4,10H2,1H3. The molecule has 4 heteroatoms. The van der Waals surface area contributed by atoms with Crippen molar-refractivity contribution in [2.75, 3.05) is 6.61 Å². The molecule has 2 heterocycles. The number of hydrogen-bond acceptors (Lipinski definition) is 4. The summed E-state index contributed by atoms with van der Waals surface area (Å²) in [5, 5.41) is 1.08. The number of aryl methyl sites for hydroxylation is 1. The molecule has 1 aromatic rings.